The van der Waals surface area contributed by atoms with E-state index in [9.17, 15) is 5.26 Å². The predicted octanol–water partition coefficient (Wildman–Crippen LogP) is 1.85. The third kappa shape index (κ3) is 5.11. The molecule has 2 aromatic heterocycles. The number of aromatic nitrogens is 3. The van der Waals surface area contributed by atoms with Crippen molar-refractivity contribution in [1.82, 2.24) is 25.2 Å². The minimum atomic E-state index is 0.131. The first-order valence-electron chi connectivity index (χ1n) is 10.8. The lowest BCUT2D eigenvalue weighted by molar-refractivity contribution is 0.220. The highest BCUT2D eigenvalue weighted by atomic mass is 15.4. The number of nitriles is 1. The van der Waals surface area contributed by atoms with E-state index in [0.717, 1.165) is 41.0 Å². The van der Waals surface area contributed by atoms with Gasteiger partial charge in [-0.15, -0.1) is 0 Å². The normalized spacial score (nSPS) is 18.1. The summed E-state index contributed by atoms with van der Waals surface area (Å²) in [4.78, 5) is 22.9. The predicted molar refractivity (Wildman–Crippen MR) is 128 cm³/mol. The van der Waals surface area contributed by atoms with Gasteiger partial charge in [0.15, 0.2) is 6.19 Å². The average molecular weight is 431 g/mol. The largest absolute Gasteiger partial charge is 0.351 e. The molecule has 32 heavy (non-hydrogen) atoms. The van der Waals surface area contributed by atoms with Crippen LogP contribution in [-0.2, 0) is 0 Å². The van der Waals surface area contributed by atoms with Crippen LogP contribution < -0.4 is 20.9 Å². The molecule has 1 saturated heterocycles. The fourth-order valence-electron chi connectivity index (χ4n) is 3.79. The first-order chi connectivity index (χ1) is 15.5. The number of nitrogens with zero attached hydrogens (tertiary/aromatic N) is 7. The van der Waals surface area contributed by atoms with Crippen LogP contribution in [0.4, 0.5) is 11.5 Å². The van der Waals surface area contributed by atoms with Crippen LogP contribution in [0.2, 0.25) is 0 Å². The van der Waals surface area contributed by atoms with E-state index in [1.165, 1.54) is 0 Å². The number of rotatable bonds is 4. The van der Waals surface area contributed by atoms with E-state index < -0.39 is 0 Å². The van der Waals surface area contributed by atoms with Gasteiger partial charge in [-0.25, -0.2) is 9.98 Å². The zero-order valence-electron chi connectivity index (χ0n) is 19.2. The summed E-state index contributed by atoms with van der Waals surface area (Å²) in [5.74, 6) is 1.71. The van der Waals surface area contributed by atoms with Gasteiger partial charge in [0.25, 0.3) is 0 Å². The number of guanidine groups is 1. The Hall–Kier alpha value is -3.73. The second-order valence-corrected chi connectivity index (χ2v) is 7.92. The second kappa shape index (κ2) is 10.5. The second-order valence-electron chi connectivity index (χ2n) is 7.92. The summed E-state index contributed by atoms with van der Waals surface area (Å²) in [6.07, 6.45) is 11.2. The molecule has 166 valence electrons. The van der Waals surface area contributed by atoms with Crippen LogP contribution in [0.25, 0.3) is 12.2 Å². The molecule has 3 heterocycles. The minimum Gasteiger partial charge on any atom is -0.351 e. The molecule has 1 atom stereocenters. The van der Waals surface area contributed by atoms with Gasteiger partial charge in [-0.05, 0) is 38.0 Å². The molecule has 0 spiro atoms. The highest BCUT2D eigenvalue weighted by molar-refractivity contribution is 5.85. The van der Waals surface area contributed by atoms with Crippen molar-refractivity contribution in [1.29, 1.82) is 5.26 Å². The number of hydrogen-bond acceptors (Lipinski definition) is 6. The first kappa shape index (κ1) is 22.9. The molecule has 8 nitrogen and oxygen atoms in total. The van der Waals surface area contributed by atoms with Crippen molar-refractivity contribution < 1.29 is 0 Å². The van der Waals surface area contributed by atoms with E-state index in [1.807, 2.05) is 50.5 Å². The molecule has 2 aromatic rings. The molecule has 1 fully saturated rings. The third-order valence-corrected chi connectivity index (χ3v) is 5.52. The highest BCUT2D eigenvalue weighted by Gasteiger charge is 2.32. The monoisotopic (exact) mass is 430 g/mol. The Labute approximate surface area is 189 Å². The maximum Gasteiger partial charge on any atom is 0.213 e. The van der Waals surface area contributed by atoms with Crippen molar-refractivity contribution in [2.24, 2.45) is 10.9 Å². The van der Waals surface area contributed by atoms with Crippen molar-refractivity contribution in [3.05, 3.63) is 53.6 Å². The molecule has 0 amide bonds. The Bertz CT molecular complexity index is 1150. The van der Waals surface area contributed by atoms with Crippen LogP contribution in [-0.4, -0.2) is 51.5 Å². The van der Waals surface area contributed by atoms with Crippen molar-refractivity contribution in [3.63, 3.8) is 0 Å². The molecular formula is C24H30N8. The molecule has 0 radical (unpaired) electrons. The van der Waals surface area contributed by atoms with E-state index in [2.05, 4.69) is 45.5 Å². The quantitative estimate of drug-likeness (QED) is 0.342. The minimum absolute atomic E-state index is 0.131. The number of piperazine rings is 1. The van der Waals surface area contributed by atoms with Crippen LogP contribution in [0.15, 0.2) is 42.2 Å². The smallest absolute Gasteiger partial charge is 0.213 e. The summed E-state index contributed by atoms with van der Waals surface area (Å²) in [6.45, 7) is 14.2. The van der Waals surface area contributed by atoms with Gasteiger partial charge >= 0.3 is 0 Å². The molecule has 0 bridgehead atoms. The van der Waals surface area contributed by atoms with E-state index in [4.69, 9.17) is 9.98 Å². The Morgan fingerprint density at radius 2 is 2.16 bits per heavy atom. The molecule has 1 aliphatic heterocycles. The lowest BCUT2D eigenvalue weighted by Crippen LogP contribution is -2.59. The standard InChI is InChI=1S/C24H30N8/c1-6-9-21-19(7-2)27-14-23(29-21)31-12-13-32(22(15-31)17(3)4)24(28-16-25)30-20-10-8-11-26-18(20)5/h6-11,14,17,22H,1,12-13,15H2,2-5H3,(H,28,30)/b19-7+,21-9+. The van der Waals surface area contributed by atoms with E-state index >= 15 is 0 Å². The van der Waals surface area contributed by atoms with Crippen LogP contribution in [0, 0.1) is 24.3 Å². The molecule has 0 aliphatic carbocycles. The molecule has 0 aromatic carbocycles. The number of allylic oxidation sites excluding steroid dienone is 1. The van der Waals surface area contributed by atoms with Crippen molar-refractivity contribution >= 4 is 29.6 Å². The van der Waals surface area contributed by atoms with Crippen LogP contribution in [0.3, 0.4) is 0 Å². The molecule has 8 heteroatoms. The molecule has 1 unspecified atom stereocenters. The van der Waals surface area contributed by atoms with Gasteiger partial charge in [0.1, 0.15) is 5.82 Å². The fourth-order valence-corrected chi connectivity index (χ4v) is 3.79. The van der Waals surface area contributed by atoms with Gasteiger partial charge < -0.3 is 9.80 Å². The third-order valence-electron chi connectivity index (χ3n) is 5.52. The van der Waals surface area contributed by atoms with Gasteiger partial charge in [-0.1, -0.05) is 32.6 Å². The number of aliphatic imine (C=N–C) groups is 1. The molecular weight excluding hydrogens is 400 g/mol. The van der Waals surface area contributed by atoms with Crippen LogP contribution >= 0.6 is 0 Å². The number of pyridine rings is 1. The van der Waals surface area contributed by atoms with Crippen LogP contribution in [0.1, 0.15) is 26.5 Å². The summed E-state index contributed by atoms with van der Waals surface area (Å²) in [6, 6.07) is 3.88. The maximum absolute atomic E-state index is 9.37. The Kier molecular flexibility index (Phi) is 7.55. The lowest BCUT2D eigenvalue weighted by atomic mass is 10.00. The Morgan fingerprint density at radius 3 is 2.81 bits per heavy atom. The van der Waals surface area contributed by atoms with E-state index in [0.29, 0.717) is 18.4 Å². The zero-order valence-corrected chi connectivity index (χ0v) is 19.2. The molecule has 0 saturated carbocycles. The molecule has 1 N–H and O–H groups in total. The van der Waals surface area contributed by atoms with Crippen LogP contribution in [0.5, 0.6) is 0 Å². The topological polar surface area (TPSA) is 93.3 Å². The van der Waals surface area contributed by atoms with Gasteiger partial charge in [0, 0.05) is 25.8 Å². The van der Waals surface area contributed by atoms with E-state index in [-0.39, 0.29) is 6.04 Å². The number of hydrogen-bond donors (Lipinski definition) is 1. The molecule has 3 rings (SSSR count). The zero-order chi connectivity index (χ0) is 23.1. The SMILES string of the molecule is C=C/C=c1/nc(N2CCN(C(=Nc3cccnc3C)NC#N)C(C(C)C)C2)cn/c1=C/C. The lowest BCUT2D eigenvalue weighted by Gasteiger charge is -2.44. The average Bonchev–Trinajstić information content (AvgIpc) is 2.80. The summed E-state index contributed by atoms with van der Waals surface area (Å²) in [5.41, 5.74) is 1.57. The van der Waals surface area contributed by atoms with Gasteiger partial charge in [0.2, 0.25) is 5.96 Å². The number of nitrogens with one attached hydrogen (secondary N) is 1. The Morgan fingerprint density at radius 1 is 1.34 bits per heavy atom. The summed E-state index contributed by atoms with van der Waals surface area (Å²) >= 11 is 0. The summed E-state index contributed by atoms with van der Waals surface area (Å²) in [7, 11) is 0. The van der Waals surface area contributed by atoms with Gasteiger partial charge in [-0.2, -0.15) is 5.26 Å². The first-order valence-corrected chi connectivity index (χ1v) is 10.8. The number of anilines is 1. The number of aryl methyl sites for hydroxylation is 1. The van der Waals surface area contributed by atoms with Crippen molar-refractivity contribution in [3.8, 4) is 6.19 Å². The summed E-state index contributed by atoms with van der Waals surface area (Å²) < 4.78 is 0. The van der Waals surface area contributed by atoms with Gasteiger partial charge in [-0.3, -0.25) is 15.3 Å². The summed E-state index contributed by atoms with van der Waals surface area (Å²) in [5, 5.41) is 13.8. The molecule has 1 aliphatic rings. The van der Waals surface area contributed by atoms with Crippen molar-refractivity contribution in [2.75, 3.05) is 24.5 Å². The fraction of sp³-hybridized carbons (Fsp3) is 0.375. The maximum atomic E-state index is 9.37. The Balaban J connectivity index is 1.93. The van der Waals surface area contributed by atoms with Gasteiger partial charge in [0.05, 0.1) is 34.3 Å². The van der Waals surface area contributed by atoms with Crippen molar-refractivity contribution in [2.45, 2.75) is 33.7 Å². The highest BCUT2D eigenvalue weighted by Crippen LogP contribution is 2.22. The van der Waals surface area contributed by atoms with E-state index in [1.54, 1.807) is 12.3 Å².